The van der Waals surface area contributed by atoms with E-state index in [2.05, 4.69) is 15.6 Å². The summed E-state index contributed by atoms with van der Waals surface area (Å²) in [6.45, 7) is 2.45. The summed E-state index contributed by atoms with van der Waals surface area (Å²) < 4.78 is 11.0. The lowest BCUT2D eigenvalue weighted by Gasteiger charge is -2.26. The van der Waals surface area contributed by atoms with Crippen molar-refractivity contribution in [1.29, 1.82) is 0 Å². The lowest BCUT2D eigenvalue weighted by molar-refractivity contribution is 0.232. The number of oxazole rings is 1. The summed E-state index contributed by atoms with van der Waals surface area (Å²) in [7, 11) is 0. The van der Waals surface area contributed by atoms with Gasteiger partial charge in [0.15, 0.2) is 0 Å². The lowest BCUT2D eigenvalue weighted by atomic mass is 10.0. The Labute approximate surface area is 151 Å². The van der Waals surface area contributed by atoms with Crippen LogP contribution in [0.2, 0.25) is 0 Å². The van der Waals surface area contributed by atoms with Crippen LogP contribution in [0, 0.1) is 6.92 Å². The van der Waals surface area contributed by atoms with Crippen molar-refractivity contribution in [2.45, 2.75) is 19.4 Å². The predicted octanol–water partition coefficient (Wildman–Crippen LogP) is 4.30. The van der Waals surface area contributed by atoms with Gasteiger partial charge in [-0.1, -0.05) is 24.3 Å². The van der Waals surface area contributed by atoms with Gasteiger partial charge in [-0.3, -0.25) is 0 Å². The number of para-hydroxylation sites is 1. The summed E-state index contributed by atoms with van der Waals surface area (Å²) in [6, 6.07) is 14.9. The number of fused-ring (bicyclic) bond motifs is 1. The quantitative estimate of drug-likeness (QED) is 0.739. The number of aromatic nitrogens is 1. The van der Waals surface area contributed by atoms with E-state index in [4.69, 9.17) is 9.15 Å². The lowest BCUT2D eigenvalue weighted by Crippen LogP contribution is -2.35. The van der Waals surface area contributed by atoms with Crippen LogP contribution in [0.1, 0.15) is 23.7 Å². The fraction of sp³-hybridized carbons (Fsp3) is 0.200. The maximum absolute atomic E-state index is 12.4. The van der Waals surface area contributed by atoms with E-state index < -0.39 is 0 Å². The number of anilines is 1. The molecule has 2 heterocycles. The molecule has 6 nitrogen and oxygen atoms in total. The maximum atomic E-state index is 12.4. The van der Waals surface area contributed by atoms with Gasteiger partial charge >= 0.3 is 6.03 Å². The Balaban J connectivity index is 1.46. The molecule has 2 amide bonds. The van der Waals surface area contributed by atoms with Crippen LogP contribution in [0.25, 0.3) is 11.5 Å². The highest BCUT2D eigenvalue weighted by molar-refractivity contribution is 5.90. The van der Waals surface area contributed by atoms with E-state index in [1.54, 1.807) is 6.26 Å². The molecule has 1 aliphatic rings. The molecule has 3 aromatic rings. The van der Waals surface area contributed by atoms with E-state index in [-0.39, 0.29) is 12.1 Å². The minimum absolute atomic E-state index is 0.0717. The third-order valence-corrected chi connectivity index (χ3v) is 4.25. The standard InChI is InChI=1S/C20H19N3O3/c1-13-12-26-19(21-13)14-5-4-6-15(11-14)22-20(24)23-17-9-10-25-18-8-3-2-7-16(17)18/h2-8,11-12,17H,9-10H2,1H3,(H2,22,23,24)/t17-/m0/s1. The number of carbonyl (C=O) groups excluding carboxylic acids is 1. The third-order valence-electron chi connectivity index (χ3n) is 4.25. The van der Waals surface area contributed by atoms with Crippen molar-refractivity contribution in [3.8, 4) is 17.2 Å². The first-order chi connectivity index (χ1) is 12.7. The van der Waals surface area contributed by atoms with E-state index in [0.29, 0.717) is 18.2 Å². The van der Waals surface area contributed by atoms with Crippen LogP contribution in [0.4, 0.5) is 10.5 Å². The molecule has 4 rings (SSSR count). The molecular weight excluding hydrogens is 330 g/mol. The molecule has 0 radical (unpaired) electrons. The van der Waals surface area contributed by atoms with E-state index in [9.17, 15) is 4.79 Å². The maximum Gasteiger partial charge on any atom is 0.319 e. The number of benzene rings is 2. The van der Waals surface area contributed by atoms with Crippen LogP contribution in [-0.4, -0.2) is 17.6 Å². The highest BCUT2D eigenvalue weighted by Crippen LogP contribution is 2.31. The minimum Gasteiger partial charge on any atom is -0.493 e. The van der Waals surface area contributed by atoms with Crippen LogP contribution >= 0.6 is 0 Å². The van der Waals surface area contributed by atoms with Gasteiger partial charge in [0.2, 0.25) is 5.89 Å². The minimum atomic E-state index is -0.257. The Bertz CT molecular complexity index is 935. The average molecular weight is 349 g/mol. The van der Waals surface area contributed by atoms with Crippen molar-refractivity contribution in [3.05, 3.63) is 66.1 Å². The Morgan fingerprint density at radius 1 is 1.19 bits per heavy atom. The summed E-state index contributed by atoms with van der Waals surface area (Å²) >= 11 is 0. The number of hydrogen-bond acceptors (Lipinski definition) is 4. The molecule has 1 aliphatic heterocycles. The molecule has 6 heteroatoms. The van der Waals surface area contributed by atoms with E-state index in [0.717, 1.165) is 29.0 Å². The van der Waals surface area contributed by atoms with Gasteiger partial charge < -0.3 is 19.8 Å². The van der Waals surface area contributed by atoms with E-state index in [1.165, 1.54) is 0 Å². The molecule has 1 atom stereocenters. The number of nitrogens with zero attached hydrogens (tertiary/aromatic N) is 1. The van der Waals surface area contributed by atoms with Crippen molar-refractivity contribution >= 4 is 11.7 Å². The van der Waals surface area contributed by atoms with Crippen molar-refractivity contribution in [3.63, 3.8) is 0 Å². The summed E-state index contributed by atoms with van der Waals surface area (Å²) in [5, 5.41) is 5.89. The van der Waals surface area contributed by atoms with Gasteiger partial charge in [0.05, 0.1) is 18.3 Å². The Hall–Kier alpha value is -3.28. The van der Waals surface area contributed by atoms with E-state index in [1.807, 2.05) is 55.5 Å². The Kier molecular flexibility index (Phi) is 4.31. The van der Waals surface area contributed by atoms with Gasteiger partial charge in [0, 0.05) is 23.2 Å². The third kappa shape index (κ3) is 3.39. The van der Waals surface area contributed by atoms with Gasteiger partial charge in [-0.2, -0.15) is 0 Å². The second kappa shape index (κ2) is 6.92. The fourth-order valence-electron chi connectivity index (χ4n) is 3.03. The van der Waals surface area contributed by atoms with Gasteiger partial charge in [0.1, 0.15) is 12.0 Å². The monoisotopic (exact) mass is 349 g/mol. The van der Waals surface area contributed by atoms with Crippen molar-refractivity contribution < 1.29 is 13.9 Å². The Morgan fingerprint density at radius 3 is 2.92 bits per heavy atom. The normalized spacial score (nSPS) is 15.7. The van der Waals surface area contributed by atoms with Crippen molar-refractivity contribution in [2.24, 2.45) is 0 Å². The highest BCUT2D eigenvalue weighted by atomic mass is 16.5. The predicted molar refractivity (Wildman–Crippen MR) is 98.1 cm³/mol. The van der Waals surface area contributed by atoms with Gasteiger partial charge in [-0.15, -0.1) is 0 Å². The smallest absolute Gasteiger partial charge is 0.319 e. The number of amides is 2. The fourth-order valence-corrected chi connectivity index (χ4v) is 3.03. The molecule has 2 aromatic carbocycles. The van der Waals surface area contributed by atoms with Gasteiger partial charge in [-0.05, 0) is 31.2 Å². The molecule has 2 N–H and O–H groups in total. The zero-order valence-electron chi connectivity index (χ0n) is 14.4. The van der Waals surface area contributed by atoms with Crippen LogP contribution in [0.5, 0.6) is 5.75 Å². The van der Waals surface area contributed by atoms with Crippen molar-refractivity contribution in [2.75, 3.05) is 11.9 Å². The molecule has 26 heavy (non-hydrogen) atoms. The molecule has 0 bridgehead atoms. The van der Waals surface area contributed by atoms with Gasteiger partial charge in [0.25, 0.3) is 0 Å². The number of carbonyl (C=O) groups is 1. The van der Waals surface area contributed by atoms with Crippen LogP contribution < -0.4 is 15.4 Å². The summed E-state index contributed by atoms with van der Waals surface area (Å²) in [5.41, 5.74) is 3.30. The van der Waals surface area contributed by atoms with Gasteiger partial charge in [-0.25, -0.2) is 9.78 Å². The topological polar surface area (TPSA) is 76.4 Å². The molecule has 0 unspecified atom stereocenters. The molecular formula is C20H19N3O3. The summed E-state index contributed by atoms with van der Waals surface area (Å²) in [4.78, 5) is 16.8. The average Bonchev–Trinajstić information content (AvgIpc) is 3.09. The second-order valence-electron chi connectivity index (χ2n) is 6.20. The highest BCUT2D eigenvalue weighted by Gasteiger charge is 2.22. The zero-order chi connectivity index (χ0) is 17.9. The SMILES string of the molecule is Cc1coc(-c2cccc(NC(=O)N[C@H]3CCOc4ccccc43)c2)n1. The molecule has 0 spiro atoms. The van der Waals surface area contributed by atoms with Crippen molar-refractivity contribution in [1.82, 2.24) is 10.3 Å². The number of aryl methyl sites for hydroxylation is 1. The first kappa shape index (κ1) is 16.2. The van der Waals surface area contributed by atoms with Crippen LogP contribution in [-0.2, 0) is 0 Å². The number of urea groups is 1. The molecule has 0 aliphatic carbocycles. The number of ether oxygens (including phenoxy) is 1. The first-order valence-corrected chi connectivity index (χ1v) is 8.51. The summed E-state index contributed by atoms with van der Waals surface area (Å²) in [6.07, 6.45) is 2.34. The molecule has 0 saturated carbocycles. The number of hydrogen-bond donors (Lipinski definition) is 2. The molecule has 1 aromatic heterocycles. The largest absolute Gasteiger partial charge is 0.493 e. The number of nitrogens with one attached hydrogen (secondary N) is 2. The number of rotatable bonds is 3. The molecule has 0 fully saturated rings. The first-order valence-electron chi connectivity index (χ1n) is 8.51. The zero-order valence-corrected chi connectivity index (χ0v) is 14.4. The molecule has 0 saturated heterocycles. The van der Waals surface area contributed by atoms with E-state index >= 15 is 0 Å². The Morgan fingerprint density at radius 2 is 2.08 bits per heavy atom. The summed E-state index contributed by atoms with van der Waals surface area (Å²) in [5.74, 6) is 1.36. The second-order valence-corrected chi connectivity index (χ2v) is 6.20. The molecule has 132 valence electrons. The van der Waals surface area contributed by atoms with Crippen LogP contribution in [0.15, 0.2) is 59.2 Å². The van der Waals surface area contributed by atoms with Crippen LogP contribution in [0.3, 0.4) is 0 Å².